The van der Waals surface area contributed by atoms with Gasteiger partial charge >= 0.3 is 0 Å². The Kier molecular flexibility index (Phi) is 7.28. The third kappa shape index (κ3) is 5.76. The number of aliphatic hydroxyl groups is 1. The van der Waals surface area contributed by atoms with Crippen molar-refractivity contribution in [3.63, 3.8) is 0 Å². The van der Waals surface area contributed by atoms with Crippen LogP contribution in [0.25, 0.3) is 0 Å². The van der Waals surface area contributed by atoms with Crippen molar-refractivity contribution in [2.24, 2.45) is 4.99 Å². The number of methoxy groups -OCH3 is 1. The summed E-state index contributed by atoms with van der Waals surface area (Å²) in [5.41, 5.74) is 0.193. The number of hydrogen-bond acceptors (Lipinski definition) is 4. The number of nitrogens with zero attached hydrogens (tertiary/aromatic N) is 1. The van der Waals surface area contributed by atoms with Crippen LogP contribution < -0.4 is 15.4 Å². The van der Waals surface area contributed by atoms with Gasteiger partial charge in [-0.3, -0.25) is 0 Å². The van der Waals surface area contributed by atoms with Gasteiger partial charge in [0.15, 0.2) is 5.96 Å². The Hall–Kier alpha value is -2.05. The Bertz CT molecular complexity index is 669. The lowest BCUT2D eigenvalue weighted by atomic mass is 10.1. The van der Waals surface area contributed by atoms with Crippen LogP contribution in [-0.4, -0.2) is 37.8 Å². The fourth-order valence-corrected chi connectivity index (χ4v) is 3.24. The lowest BCUT2D eigenvalue weighted by Crippen LogP contribution is -2.39. The average Bonchev–Trinajstić information content (AvgIpc) is 3.16. The second kappa shape index (κ2) is 9.44. The van der Waals surface area contributed by atoms with Crippen LogP contribution in [0.3, 0.4) is 0 Å². The zero-order valence-corrected chi connectivity index (χ0v) is 15.9. The van der Waals surface area contributed by atoms with E-state index < -0.39 is 5.60 Å². The zero-order valence-electron chi connectivity index (χ0n) is 15.1. The van der Waals surface area contributed by atoms with Crippen LogP contribution in [0.1, 0.15) is 24.3 Å². The first-order valence-corrected chi connectivity index (χ1v) is 9.35. The molecule has 3 N–H and O–H groups in total. The summed E-state index contributed by atoms with van der Waals surface area (Å²) in [5, 5.41) is 19.1. The van der Waals surface area contributed by atoms with Gasteiger partial charge in [0.2, 0.25) is 0 Å². The minimum absolute atomic E-state index is 0.303. The first kappa shape index (κ1) is 19.3. The Morgan fingerprint density at radius 3 is 2.72 bits per heavy atom. The number of aliphatic imine (C=N–C) groups is 1. The first-order chi connectivity index (χ1) is 12.1. The highest BCUT2D eigenvalue weighted by molar-refractivity contribution is 7.10. The van der Waals surface area contributed by atoms with Gasteiger partial charge in [-0.1, -0.05) is 24.3 Å². The summed E-state index contributed by atoms with van der Waals surface area (Å²) in [5.74, 6) is 1.60. The number of benzene rings is 1. The number of thiophene rings is 1. The maximum absolute atomic E-state index is 10.6. The molecule has 25 heavy (non-hydrogen) atoms. The van der Waals surface area contributed by atoms with Gasteiger partial charge in [0, 0.05) is 18.0 Å². The van der Waals surface area contributed by atoms with E-state index in [9.17, 15) is 5.11 Å². The van der Waals surface area contributed by atoms with Gasteiger partial charge in [-0.05, 0) is 43.3 Å². The molecule has 2 aromatic rings. The van der Waals surface area contributed by atoms with E-state index >= 15 is 0 Å². The fraction of sp³-hybridized carbons (Fsp3) is 0.421. The predicted molar refractivity (Wildman–Crippen MR) is 105 cm³/mol. The molecular formula is C19H27N3O2S. The Labute approximate surface area is 153 Å². The smallest absolute Gasteiger partial charge is 0.191 e. The highest BCUT2D eigenvalue weighted by atomic mass is 32.1. The van der Waals surface area contributed by atoms with Crippen molar-refractivity contribution in [1.29, 1.82) is 0 Å². The summed E-state index contributed by atoms with van der Waals surface area (Å²) < 4.78 is 5.38. The maximum atomic E-state index is 10.6. The van der Waals surface area contributed by atoms with E-state index in [-0.39, 0.29) is 0 Å². The molecule has 1 atom stereocenters. The molecule has 0 fully saturated rings. The standard InChI is InChI=1S/C19H27N3O2S/c1-4-20-18(22-14-19(2,23)17-10-7-13-25-17)21-12-11-15-8-5-6-9-16(15)24-3/h5-10,13,23H,4,11-12,14H2,1-3H3,(H2,20,21,22). The number of hydrogen-bond donors (Lipinski definition) is 3. The molecule has 5 nitrogen and oxygen atoms in total. The molecule has 0 saturated carbocycles. The van der Waals surface area contributed by atoms with Gasteiger partial charge in [-0.2, -0.15) is 0 Å². The summed E-state index contributed by atoms with van der Waals surface area (Å²) in [6, 6.07) is 11.9. The largest absolute Gasteiger partial charge is 0.496 e. The van der Waals surface area contributed by atoms with E-state index in [1.165, 1.54) is 0 Å². The van der Waals surface area contributed by atoms with E-state index in [1.807, 2.05) is 42.6 Å². The third-order valence-electron chi connectivity index (χ3n) is 3.82. The van der Waals surface area contributed by atoms with Crippen LogP contribution in [0.15, 0.2) is 46.8 Å². The third-order valence-corrected chi connectivity index (χ3v) is 4.94. The van der Waals surface area contributed by atoms with Crippen molar-refractivity contribution in [3.8, 4) is 5.75 Å². The molecule has 0 radical (unpaired) electrons. The second-order valence-electron chi connectivity index (χ2n) is 5.93. The van der Waals surface area contributed by atoms with E-state index in [0.29, 0.717) is 12.5 Å². The molecule has 0 spiro atoms. The van der Waals surface area contributed by atoms with Crippen molar-refractivity contribution in [2.75, 3.05) is 26.7 Å². The topological polar surface area (TPSA) is 65.9 Å². The molecule has 0 amide bonds. The lowest BCUT2D eigenvalue weighted by Gasteiger charge is -2.20. The van der Waals surface area contributed by atoms with E-state index in [0.717, 1.165) is 35.7 Å². The number of rotatable bonds is 8. The van der Waals surface area contributed by atoms with Gasteiger partial charge in [0.1, 0.15) is 11.4 Å². The molecule has 1 heterocycles. The highest BCUT2D eigenvalue weighted by Crippen LogP contribution is 2.25. The van der Waals surface area contributed by atoms with E-state index in [4.69, 9.17) is 4.74 Å². The molecule has 136 valence electrons. The van der Waals surface area contributed by atoms with Crippen molar-refractivity contribution in [2.45, 2.75) is 25.9 Å². The van der Waals surface area contributed by atoms with Crippen molar-refractivity contribution < 1.29 is 9.84 Å². The van der Waals surface area contributed by atoms with Crippen LogP contribution in [0.5, 0.6) is 5.75 Å². The lowest BCUT2D eigenvalue weighted by molar-refractivity contribution is 0.0711. The molecule has 0 bridgehead atoms. The fourth-order valence-electron chi connectivity index (χ4n) is 2.46. The molecule has 0 aliphatic carbocycles. The molecule has 1 aromatic heterocycles. The number of guanidine groups is 1. The minimum atomic E-state index is -0.959. The molecule has 1 unspecified atom stereocenters. The molecule has 0 saturated heterocycles. The summed E-state index contributed by atoms with van der Waals surface area (Å²) in [6.45, 7) is 5.61. The summed E-state index contributed by atoms with van der Waals surface area (Å²) >= 11 is 1.54. The number of para-hydroxylation sites is 1. The monoisotopic (exact) mass is 361 g/mol. The van der Waals surface area contributed by atoms with Crippen molar-refractivity contribution in [3.05, 3.63) is 52.2 Å². The van der Waals surface area contributed by atoms with Crippen LogP contribution in [0, 0.1) is 0 Å². The van der Waals surface area contributed by atoms with Crippen LogP contribution in [-0.2, 0) is 12.0 Å². The van der Waals surface area contributed by atoms with Gasteiger partial charge in [-0.15, -0.1) is 11.3 Å². The van der Waals surface area contributed by atoms with E-state index in [2.05, 4.69) is 21.7 Å². The van der Waals surface area contributed by atoms with Gasteiger partial charge in [0.25, 0.3) is 0 Å². The highest BCUT2D eigenvalue weighted by Gasteiger charge is 2.23. The molecule has 1 aromatic carbocycles. The van der Waals surface area contributed by atoms with Gasteiger partial charge < -0.3 is 20.5 Å². The summed E-state index contributed by atoms with van der Waals surface area (Å²) in [4.78, 5) is 5.45. The molecular weight excluding hydrogens is 334 g/mol. The van der Waals surface area contributed by atoms with Gasteiger partial charge in [-0.25, -0.2) is 4.99 Å². The van der Waals surface area contributed by atoms with Crippen LogP contribution >= 0.6 is 11.3 Å². The quantitative estimate of drug-likeness (QED) is 0.500. The Morgan fingerprint density at radius 2 is 2.04 bits per heavy atom. The zero-order chi connectivity index (χ0) is 18.1. The summed E-state index contributed by atoms with van der Waals surface area (Å²) in [7, 11) is 1.68. The Morgan fingerprint density at radius 1 is 1.24 bits per heavy atom. The normalized spacial score (nSPS) is 14.0. The molecule has 0 aliphatic rings. The number of nitrogens with one attached hydrogen (secondary N) is 2. The van der Waals surface area contributed by atoms with Crippen molar-refractivity contribution >= 4 is 17.3 Å². The maximum Gasteiger partial charge on any atom is 0.191 e. The molecule has 6 heteroatoms. The predicted octanol–water partition coefficient (Wildman–Crippen LogP) is 2.76. The first-order valence-electron chi connectivity index (χ1n) is 8.47. The van der Waals surface area contributed by atoms with Crippen LogP contribution in [0.4, 0.5) is 0 Å². The van der Waals surface area contributed by atoms with E-state index in [1.54, 1.807) is 25.4 Å². The van der Waals surface area contributed by atoms with Gasteiger partial charge in [0.05, 0.1) is 13.7 Å². The molecule has 0 aliphatic heterocycles. The van der Waals surface area contributed by atoms with Crippen molar-refractivity contribution in [1.82, 2.24) is 10.6 Å². The number of ether oxygens (including phenoxy) is 1. The SMILES string of the molecule is CCNC(=NCC(C)(O)c1cccs1)NCCc1ccccc1OC. The Balaban J connectivity index is 1.93. The average molecular weight is 362 g/mol. The molecule has 2 rings (SSSR count). The van der Waals surface area contributed by atoms with Crippen LogP contribution in [0.2, 0.25) is 0 Å². The summed E-state index contributed by atoms with van der Waals surface area (Å²) in [6.07, 6.45) is 0.829. The minimum Gasteiger partial charge on any atom is -0.496 e. The second-order valence-corrected chi connectivity index (χ2v) is 6.88.